The van der Waals surface area contributed by atoms with Crippen LogP contribution in [0, 0.1) is 23.1 Å². The maximum Gasteiger partial charge on any atom is 0.143 e. The van der Waals surface area contributed by atoms with E-state index in [1.165, 1.54) is 12.1 Å². The van der Waals surface area contributed by atoms with Crippen LogP contribution in [0.3, 0.4) is 0 Å². The molecule has 96 valence electrons. The zero-order valence-electron chi connectivity index (χ0n) is 10.5. The Bertz CT molecular complexity index is 450. The molecule has 1 aromatic carbocycles. The first-order valence-corrected chi connectivity index (χ1v) is 6.19. The predicted octanol–water partition coefficient (Wildman–Crippen LogP) is 2.56. The van der Waals surface area contributed by atoms with Gasteiger partial charge in [-0.1, -0.05) is 0 Å². The molecular weight excluding hydrogens is 231 g/mol. The Labute approximate surface area is 107 Å². The van der Waals surface area contributed by atoms with E-state index in [9.17, 15) is 4.39 Å². The lowest BCUT2D eigenvalue weighted by atomic mass is 9.99. The molecule has 3 nitrogen and oxygen atoms in total. The van der Waals surface area contributed by atoms with Crippen molar-refractivity contribution in [2.75, 3.05) is 31.7 Å². The molecule has 0 aromatic heterocycles. The Kier molecular flexibility index (Phi) is 4.16. The van der Waals surface area contributed by atoms with Gasteiger partial charge in [0.1, 0.15) is 11.9 Å². The average Bonchev–Trinajstić information content (AvgIpc) is 2.39. The zero-order chi connectivity index (χ0) is 13.0. The van der Waals surface area contributed by atoms with Crippen molar-refractivity contribution in [2.45, 2.75) is 12.8 Å². The molecule has 0 amide bonds. The van der Waals surface area contributed by atoms with Crippen LogP contribution < -0.4 is 4.90 Å². The standard InChI is InChI=1S/C14H17FN2O/c1-17(10-11-4-6-18-7-5-11)13-3-2-12(9-16)14(15)8-13/h2-3,8,11H,4-7,10H2,1H3. The van der Waals surface area contributed by atoms with Crippen LogP contribution in [-0.2, 0) is 4.74 Å². The fourth-order valence-electron chi connectivity index (χ4n) is 2.25. The third kappa shape index (κ3) is 2.99. The Balaban J connectivity index is 2.02. The molecule has 4 heteroatoms. The highest BCUT2D eigenvalue weighted by Crippen LogP contribution is 2.21. The van der Waals surface area contributed by atoms with Gasteiger partial charge in [0.25, 0.3) is 0 Å². The molecular formula is C14H17FN2O. The van der Waals surface area contributed by atoms with Gasteiger partial charge in [0.2, 0.25) is 0 Å². The Morgan fingerprint density at radius 3 is 2.78 bits per heavy atom. The first-order chi connectivity index (χ1) is 8.70. The lowest BCUT2D eigenvalue weighted by molar-refractivity contribution is 0.0685. The number of nitriles is 1. The van der Waals surface area contributed by atoms with Crippen molar-refractivity contribution < 1.29 is 9.13 Å². The van der Waals surface area contributed by atoms with E-state index in [4.69, 9.17) is 10.00 Å². The Hall–Kier alpha value is -1.60. The minimum Gasteiger partial charge on any atom is -0.381 e. The van der Waals surface area contributed by atoms with Crippen molar-refractivity contribution in [2.24, 2.45) is 5.92 Å². The van der Waals surface area contributed by atoms with Crippen LogP contribution in [0.5, 0.6) is 0 Å². The summed E-state index contributed by atoms with van der Waals surface area (Å²) in [5.74, 6) is 0.149. The summed E-state index contributed by atoms with van der Waals surface area (Å²) in [6, 6.07) is 6.59. The van der Waals surface area contributed by atoms with Crippen LogP contribution >= 0.6 is 0 Å². The molecule has 0 aliphatic carbocycles. The van der Waals surface area contributed by atoms with Gasteiger partial charge in [0.05, 0.1) is 5.56 Å². The summed E-state index contributed by atoms with van der Waals surface area (Å²) < 4.78 is 18.8. The molecule has 1 fully saturated rings. The van der Waals surface area contributed by atoms with Crippen molar-refractivity contribution in [3.8, 4) is 6.07 Å². The van der Waals surface area contributed by atoms with Crippen molar-refractivity contribution in [3.63, 3.8) is 0 Å². The van der Waals surface area contributed by atoms with Gasteiger partial charge in [0.15, 0.2) is 0 Å². The topological polar surface area (TPSA) is 36.3 Å². The fraction of sp³-hybridized carbons (Fsp3) is 0.500. The summed E-state index contributed by atoms with van der Waals surface area (Å²) >= 11 is 0. The van der Waals surface area contributed by atoms with E-state index in [2.05, 4.69) is 0 Å². The molecule has 0 saturated carbocycles. The molecule has 0 radical (unpaired) electrons. The summed E-state index contributed by atoms with van der Waals surface area (Å²) in [6.45, 7) is 2.54. The van der Waals surface area contributed by atoms with Crippen molar-refractivity contribution in [3.05, 3.63) is 29.6 Å². The summed E-state index contributed by atoms with van der Waals surface area (Å²) in [7, 11) is 1.95. The molecule has 0 bridgehead atoms. The van der Waals surface area contributed by atoms with Crippen LogP contribution in [0.4, 0.5) is 10.1 Å². The maximum absolute atomic E-state index is 13.5. The van der Waals surface area contributed by atoms with Gasteiger partial charge in [-0.2, -0.15) is 5.26 Å². The first kappa shape index (κ1) is 12.8. The van der Waals surface area contributed by atoms with Gasteiger partial charge >= 0.3 is 0 Å². The molecule has 0 spiro atoms. The van der Waals surface area contributed by atoms with E-state index >= 15 is 0 Å². The molecule has 1 aromatic rings. The quantitative estimate of drug-likeness (QED) is 0.824. The zero-order valence-corrected chi connectivity index (χ0v) is 10.5. The van der Waals surface area contributed by atoms with Crippen molar-refractivity contribution in [1.29, 1.82) is 5.26 Å². The Morgan fingerprint density at radius 1 is 1.44 bits per heavy atom. The molecule has 2 rings (SSSR count). The summed E-state index contributed by atoms with van der Waals surface area (Å²) in [6.07, 6.45) is 2.12. The molecule has 0 unspecified atom stereocenters. The van der Waals surface area contributed by atoms with E-state index < -0.39 is 5.82 Å². The lowest BCUT2D eigenvalue weighted by Gasteiger charge is -2.28. The van der Waals surface area contributed by atoms with Gasteiger partial charge in [-0.15, -0.1) is 0 Å². The third-order valence-corrected chi connectivity index (χ3v) is 3.39. The predicted molar refractivity (Wildman–Crippen MR) is 67.9 cm³/mol. The van der Waals surface area contributed by atoms with Crippen molar-refractivity contribution in [1.82, 2.24) is 0 Å². The molecule has 1 aliphatic rings. The summed E-state index contributed by atoms with van der Waals surface area (Å²) in [4.78, 5) is 2.04. The number of ether oxygens (including phenoxy) is 1. The molecule has 1 saturated heterocycles. The number of benzene rings is 1. The SMILES string of the molecule is CN(CC1CCOCC1)c1ccc(C#N)c(F)c1. The van der Waals surface area contributed by atoms with E-state index in [0.29, 0.717) is 5.92 Å². The number of rotatable bonds is 3. The van der Waals surface area contributed by atoms with Crippen LogP contribution in [0.15, 0.2) is 18.2 Å². The normalized spacial score (nSPS) is 16.3. The van der Waals surface area contributed by atoms with Crippen LogP contribution in [0.2, 0.25) is 0 Å². The smallest absolute Gasteiger partial charge is 0.143 e. The Morgan fingerprint density at radius 2 is 2.17 bits per heavy atom. The second-order valence-electron chi connectivity index (χ2n) is 4.71. The van der Waals surface area contributed by atoms with Crippen LogP contribution in [0.25, 0.3) is 0 Å². The van der Waals surface area contributed by atoms with E-state index in [-0.39, 0.29) is 5.56 Å². The van der Waals surface area contributed by atoms with E-state index in [1.54, 1.807) is 6.07 Å². The van der Waals surface area contributed by atoms with Crippen LogP contribution in [-0.4, -0.2) is 26.8 Å². The monoisotopic (exact) mass is 248 g/mol. The van der Waals surface area contributed by atoms with E-state index in [0.717, 1.165) is 38.3 Å². The second-order valence-corrected chi connectivity index (χ2v) is 4.71. The van der Waals surface area contributed by atoms with E-state index in [1.807, 2.05) is 18.0 Å². The number of halogens is 1. The minimum absolute atomic E-state index is 0.0956. The summed E-state index contributed by atoms with van der Waals surface area (Å²) in [5, 5.41) is 8.69. The molecule has 0 N–H and O–H groups in total. The van der Waals surface area contributed by atoms with Crippen LogP contribution in [0.1, 0.15) is 18.4 Å². The molecule has 0 atom stereocenters. The van der Waals surface area contributed by atoms with Gasteiger partial charge in [-0.3, -0.25) is 0 Å². The lowest BCUT2D eigenvalue weighted by Crippen LogP contribution is -2.29. The average molecular weight is 248 g/mol. The van der Waals surface area contributed by atoms with Gasteiger partial charge < -0.3 is 9.64 Å². The second kappa shape index (κ2) is 5.83. The number of anilines is 1. The minimum atomic E-state index is -0.450. The van der Waals surface area contributed by atoms with Gasteiger partial charge in [-0.05, 0) is 37.0 Å². The maximum atomic E-state index is 13.5. The van der Waals surface area contributed by atoms with Gasteiger partial charge in [-0.25, -0.2) is 4.39 Å². The largest absolute Gasteiger partial charge is 0.381 e. The molecule has 18 heavy (non-hydrogen) atoms. The number of hydrogen-bond donors (Lipinski definition) is 0. The summed E-state index contributed by atoms with van der Waals surface area (Å²) in [5.41, 5.74) is 0.913. The molecule has 1 aliphatic heterocycles. The molecule has 1 heterocycles. The third-order valence-electron chi connectivity index (χ3n) is 3.39. The first-order valence-electron chi connectivity index (χ1n) is 6.19. The fourth-order valence-corrected chi connectivity index (χ4v) is 2.25. The van der Waals surface area contributed by atoms with Crippen molar-refractivity contribution >= 4 is 5.69 Å². The highest BCUT2D eigenvalue weighted by molar-refractivity contribution is 5.49. The highest BCUT2D eigenvalue weighted by atomic mass is 19.1. The number of nitrogens with zero attached hydrogens (tertiary/aromatic N) is 2. The highest BCUT2D eigenvalue weighted by Gasteiger charge is 2.16. The number of hydrogen-bond acceptors (Lipinski definition) is 3. The van der Waals surface area contributed by atoms with Gasteiger partial charge in [0, 0.05) is 32.5 Å².